The Balaban J connectivity index is 1.68. The molecule has 0 aliphatic heterocycles. The molecule has 0 amide bonds. The van der Waals surface area contributed by atoms with E-state index in [1.54, 1.807) is 7.11 Å². The maximum absolute atomic E-state index is 5.40. The van der Waals surface area contributed by atoms with Crippen LogP contribution in [-0.2, 0) is 4.74 Å². The van der Waals surface area contributed by atoms with Gasteiger partial charge in [-0.25, -0.2) is 0 Å². The molecule has 146 valence electrons. The number of anilines is 3. The Labute approximate surface area is 173 Å². The number of allylic oxidation sites excluding steroid dienone is 2. The second-order valence-corrected chi connectivity index (χ2v) is 7.58. The molecule has 3 aromatic rings. The van der Waals surface area contributed by atoms with Gasteiger partial charge in [-0.15, -0.1) is 0 Å². The first-order chi connectivity index (χ1) is 14.1. The number of methoxy groups -OCH3 is 1. The van der Waals surface area contributed by atoms with Crippen molar-refractivity contribution in [3.63, 3.8) is 0 Å². The number of ether oxygens (including phenoxy) is 1. The van der Waals surface area contributed by atoms with Crippen molar-refractivity contribution in [3.05, 3.63) is 108 Å². The van der Waals surface area contributed by atoms with E-state index < -0.39 is 0 Å². The fourth-order valence-corrected chi connectivity index (χ4v) is 3.63. The van der Waals surface area contributed by atoms with Crippen molar-refractivity contribution in [3.8, 4) is 0 Å². The van der Waals surface area contributed by atoms with E-state index in [9.17, 15) is 0 Å². The summed E-state index contributed by atoms with van der Waals surface area (Å²) in [5.74, 6) is 0. The van der Waals surface area contributed by atoms with Crippen molar-refractivity contribution < 1.29 is 4.74 Å². The standard InChI is InChI=1S/C27H27NO/c1-20-4-12-24(13-5-20)28(25-14-6-21(2)7-15-25)26-16-8-22(9-17-26)23-10-18-27(29-3)19-11-23/h4-18,27H,19H2,1-3H3. The molecule has 1 aliphatic rings. The summed E-state index contributed by atoms with van der Waals surface area (Å²) in [4.78, 5) is 2.30. The highest BCUT2D eigenvalue weighted by Crippen LogP contribution is 2.35. The van der Waals surface area contributed by atoms with Crippen molar-refractivity contribution in [1.82, 2.24) is 0 Å². The highest BCUT2D eigenvalue weighted by molar-refractivity contribution is 5.80. The van der Waals surface area contributed by atoms with Crippen molar-refractivity contribution in [1.29, 1.82) is 0 Å². The summed E-state index contributed by atoms with van der Waals surface area (Å²) in [5.41, 5.74) is 8.47. The van der Waals surface area contributed by atoms with E-state index in [2.05, 4.69) is 110 Å². The van der Waals surface area contributed by atoms with E-state index >= 15 is 0 Å². The zero-order valence-electron chi connectivity index (χ0n) is 17.3. The summed E-state index contributed by atoms with van der Waals surface area (Å²) in [5, 5.41) is 0. The highest BCUT2D eigenvalue weighted by atomic mass is 16.5. The minimum Gasteiger partial charge on any atom is -0.377 e. The molecule has 29 heavy (non-hydrogen) atoms. The van der Waals surface area contributed by atoms with Crippen LogP contribution in [0, 0.1) is 13.8 Å². The number of rotatable bonds is 5. The molecule has 0 aromatic heterocycles. The van der Waals surface area contributed by atoms with Crippen molar-refractivity contribution in [2.24, 2.45) is 0 Å². The van der Waals surface area contributed by atoms with Gasteiger partial charge in [-0.1, -0.05) is 65.8 Å². The summed E-state index contributed by atoms with van der Waals surface area (Å²) in [7, 11) is 1.76. The van der Waals surface area contributed by atoms with Crippen LogP contribution in [0.5, 0.6) is 0 Å². The highest BCUT2D eigenvalue weighted by Gasteiger charge is 2.13. The van der Waals surface area contributed by atoms with E-state index in [0.717, 1.165) is 23.5 Å². The van der Waals surface area contributed by atoms with Crippen LogP contribution in [0.1, 0.15) is 23.1 Å². The Morgan fingerprint density at radius 2 is 1.21 bits per heavy atom. The molecule has 0 N–H and O–H groups in total. The van der Waals surface area contributed by atoms with Gasteiger partial charge in [0.1, 0.15) is 0 Å². The Hall–Kier alpha value is -3.10. The van der Waals surface area contributed by atoms with Crippen LogP contribution in [0.3, 0.4) is 0 Å². The molecular weight excluding hydrogens is 354 g/mol. The van der Waals surface area contributed by atoms with E-state index in [4.69, 9.17) is 4.74 Å². The second-order valence-electron chi connectivity index (χ2n) is 7.58. The van der Waals surface area contributed by atoms with Gasteiger partial charge in [0.25, 0.3) is 0 Å². The molecule has 0 heterocycles. The van der Waals surface area contributed by atoms with Gasteiger partial charge in [0.2, 0.25) is 0 Å². The van der Waals surface area contributed by atoms with Crippen molar-refractivity contribution in [2.75, 3.05) is 12.0 Å². The summed E-state index contributed by atoms with van der Waals surface area (Å²) in [6.45, 7) is 4.24. The molecule has 0 spiro atoms. The van der Waals surface area contributed by atoms with Gasteiger partial charge >= 0.3 is 0 Å². The van der Waals surface area contributed by atoms with Crippen LogP contribution < -0.4 is 4.90 Å². The van der Waals surface area contributed by atoms with Gasteiger partial charge < -0.3 is 9.64 Å². The van der Waals surface area contributed by atoms with Crippen LogP contribution in [0.15, 0.2) is 91.0 Å². The lowest BCUT2D eigenvalue weighted by Gasteiger charge is -2.26. The average Bonchev–Trinajstić information content (AvgIpc) is 2.77. The number of hydrogen-bond donors (Lipinski definition) is 0. The van der Waals surface area contributed by atoms with Crippen LogP contribution in [0.2, 0.25) is 0 Å². The topological polar surface area (TPSA) is 12.5 Å². The van der Waals surface area contributed by atoms with Gasteiger partial charge in [0.05, 0.1) is 6.10 Å². The van der Waals surface area contributed by atoms with E-state index in [0.29, 0.717) is 0 Å². The number of nitrogens with zero attached hydrogens (tertiary/aromatic N) is 1. The minimum absolute atomic E-state index is 0.191. The lowest BCUT2D eigenvalue weighted by molar-refractivity contribution is 0.143. The van der Waals surface area contributed by atoms with E-state index in [1.807, 2.05) is 0 Å². The Morgan fingerprint density at radius 1 is 0.724 bits per heavy atom. The maximum atomic E-state index is 5.40. The quantitative estimate of drug-likeness (QED) is 0.466. The van der Waals surface area contributed by atoms with Gasteiger partial charge in [-0.2, -0.15) is 0 Å². The summed E-state index contributed by atoms with van der Waals surface area (Å²) < 4.78 is 5.40. The molecule has 3 aromatic carbocycles. The SMILES string of the molecule is COC1C=CC(c2ccc(N(c3ccc(C)cc3)c3ccc(C)cc3)cc2)=CC1. The maximum Gasteiger partial charge on any atom is 0.0790 e. The first-order valence-electron chi connectivity index (χ1n) is 10.1. The van der Waals surface area contributed by atoms with E-state index in [1.165, 1.54) is 22.3 Å². The number of benzene rings is 3. The predicted molar refractivity (Wildman–Crippen MR) is 123 cm³/mol. The molecule has 1 aliphatic carbocycles. The van der Waals surface area contributed by atoms with Gasteiger partial charge in [0.15, 0.2) is 0 Å². The fraction of sp³-hybridized carbons (Fsp3) is 0.185. The lowest BCUT2D eigenvalue weighted by Crippen LogP contribution is -2.10. The third-order valence-corrected chi connectivity index (χ3v) is 5.41. The molecule has 0 bridgehead atoms. The third kappa shape index (κ3) is 4.33. The molecule has 0 saturated heterocycles. The van der Waals surface area contributed by atoms with Gasteiger partial charge in [0, 0.05) is 24.2 Å². The Bertz CT molecular complexity index is 966. The summed E-state index contributed by atoms with van der Waals surface area (Å²) >= 11 is 0. The molecule has 1 unspecified atom stereocenters. The molecule has 4 rings (SSSR count). The van der Waals surface area contributed by atoms with Crippen molar-refractivity contribution in [2.45, 2.75) is 26.4 Å². The summed E-state index contributed by atoms with van der Waals surface area (Å²) in [6, 6.07) is 26.2. The van der Waals surface area contributed by atoms with Crippen LogP contribution in [-0.4, -0.2) is 13.2 Å². The monoisotopic (exact) mass is 381 g/mol. The molecule has 0 fully saturated rings. The molecular formula is C27H27NO. The molecule has 2 nitrogen and oxygen atoms in total. The largest absolute Gasteiger partial charge is 0.377 e. The zero-order chi connectivity index (χ0) is 20.2. The Kier molecular flexibility index (Phi) is 5.64. The first kappa shape index (κ1) is 19.2. The molecule has 2 heteroatoms. The normalized spacial score (nSPS) is 15.8. The molecule has 0 radical (unpaired) electrons. The van der Waals surface area contributed by atoms with Crippen LogP contribution in [0.4, 0.5) is 17.1 Å². The Morgan fingerprint density at radius 3 is 1.62 bits per heavy atom. The average molecular weight is 382 g/mol. The molecule has 0 saturated carbocycles. The third-order valence-electron chi connectivity index (χ3n) is 5.41. The molecule has 1 atom stereocenters. The first-order valence-corrected chi connectivity index (χ1v) is 10.1. The summed E-state index contributed by atoms with van der Waals surface area (Å²) in [6.07, 6.45) is 7.65. The van der Waals surface area contributed by atoms with E-state index in [-0.39, 0.29) is 6.10 Å². The van der Waals surface area contributed by atoms with Crippen LogP contribution >= 0.6 is 0 Å². The van der Waals surface area contributed by atoms with Gasteiger partial charge in [-0.05, 0) is 67.8 Å². The van der Waals surface area contributed by atoms with Crippen LogP contribution in [0.25, 0.3) is 5.57 Å². The fourth-order valence-electron chi connectivity index (χ4n) is 3.63. The minimum atomic E-state index is 0.191. The second kappa shape index (κ2) is 8.50. The number of hydrogen-bond acceptors (Lipinski definition) is 2. The van der Waals surface area contributed by atoms with Gasteiger partial charge in [-0.3, -0.25) is 0 Å². The lowest BCUT2D eigenvalue weighted by atomic mass is 9.98. The zero-order valence-corrected chi connectivity index (χ0v) is 17.3. The van der Waals surface area contributed by atoms with Crippen molar-refractivity contribution >= 4 is 22.6 Å². The predicted octanol–water partition coefficient (Wildman–Crippen LogP) is 7.13. The number of aryl methyl sites for hydroxylation is 2. The smallest absolute Gasteiger partial charge is 0.0790 e.